The summed E-state index contributed by atoms with van der Waals surface area (Å²) in [5.41, 5.74) is 0.353. The van der Waals surface area contributed by atoms with Gasteiger partial charge in [-0.1, -0.05) is 6.42 Å². The zero-order valence-corrected chi connectivity index (χ0v) is 12.0. The highest BCUT2D eigenvalue weighted by molar-refractivity contribution is 5.72. The van der Waals surface area contributed by atoms with E-state index in [1.165, 1.54) is 12.8 Å². The van der Waals surface area contributed by atoms with Crippen molar-refractivity contribution in [1.82, 2.24) is 5.32 Å². The molecule has 2 aliphatic carbocycles. The van der Waals surface area contributed by atoms with Gasteiger partial charge in [-0.2, -0.15) is 0 Å². The molecule has 0 aromatic heterocycles. The molecule has 110 valence electrons. The average molecular weight is 269 g/mol. The Labute approximate surface area is 115 Å². The van der Waals surface area contributed by atoms with Crippen molar-refractivity contribution >= 4 is 5.97 Å². The molecule has 2 atom stereocenters. The van der Waals surface area contributed by atoms with Gasteiger partial charge in [0.25, 0.3) is 0 Å². The highest BCUT2D eigenvalue weighted by atomic mass is 16.5. The molecule has 2 rings (SSSR count). The van der Waals surface area contributed by atoms with Crippen LogP contribution in [-0.2, 0) is 9.53 Å². The Bertz CT molecular complexity index is 302. The van der Waals surface area contributed by atoms with Crippen LogP contribution in [0.5, 0.6) is 0 Å². The average Bonchev–Trinajstić information content (AvgIpc) is 3.18. The quantitative estimate of drug-likeness (QED) is 0.693. The van der Waals surface area contributed by atoms with Crippen LogP contribution in [0, 0.1) is 11.3 Å². The molecule has 0 aromatic carbocycles. The summed E-state index contributed by atoms with van der Waals surface area (Å²) < 4.78 is 5.13. The maximum Gasteiger partial charge on any atom is 0.308 e. The molecule has 0 spiro atoms. The van der Waals surface area contributed by atoms with E-state index >= 15 is 0 Å². The minimum absolute atomic E-state index is 0.0227. The summed E-state index contributed by atoms with van der Waals surface area (Å²) in [7, 11) is 0. The Morgan fingerprint density at radius 1 is 1.42 bits per heavy atom. The van der Waals surface area contributed by atoms with Crippen molar-refractivity contribution in [2.24, 2.45) is 11.3 Å². The highest BCUT2D eigenvalue weighted by Crippen LogP contribution is 2.48. The van der Waals surface area contributed by atoms with Gasteiger partial charge in [-0.05, 0) is 50.9 Å². The molecule has 0 radical (unpaired) electrons. The van der Waals surface area contributed by atoms with Crippen LogP contribution < -0.4 is 5.32 Å². The van der Waals surface area contributed by atoms with Crippen LogP contribution in [0.15, 0.2) is 0 Å². The number of carbonyl (C=O) groups excluding carboxylic acids is 1. The number of rotatable bonds is 7. The van der Waals surface area contributed by atoms with E-state index in [2.05, 4.69) is 5.32 Å². The van der Waals surface area contributed by atoms with Crippen molar-refractivity contribution in [3.63, 3.8) is 0 Å². The Morgan fingerprint density at radius 2 is 2.21 bits per heavy atom. The monoisotopic (exact) mass is 269 g/mol. The van der Waals surface area contributed by atoms with Gasteiger partial charge in [0.15, 0.2) is 0 Å². The molecular weight excluding hydrogens is 242 g/mol. The van der Waals surface area contributed by atoms with Gasteiger partial charge in [0.1, 0.15) is 0 Å². The zero-order chi connectivity index (χ0) is 13.7. The van der Waals surface area contributed by atoms with Gasteiger partial charge in [-0.15, -0.1) is 0 Å². The fourth-order valence-electron chi connectivity index (χ4n) is 3.14. The van der Waals surface area contributed by atoms with Crippen molar-refractivity contribution in [1.29, 1.82) is 0 Å². The Kier molecular flexibility index (Phi) is 5.22. The lowest BCUT2D eigenvalue weighted by atomic mass is 9.85. The largest absolute Gasteiger partial charge is 0.466 e. The molecule has 4 nitrogen and oxygen atoms in total. The maximum absolute atomic E-state index is 11.8. The molecule has 2 saturated carbocycles. The molecule has 0 heterocycles. The first-order valence-electron chi connectivity index (χ1n) is 7.70. The van der Waals surface area contributed by atoms with Crippen LogP contribution in [0.2, 0.25) is 0 Å². The molecule has 2 N–H and O–H groups in total. The van der Waals surface area contributed by atoms with Crippen LogP contribution >= 0.6 is 0 Å². The lowest BCUT2D eigenvalue weighted by Gasteiger charge is -2.30. The van der Waals surface area contributed by atoms with E-state index in [-0.39, 0.29) is 18.5 Å². The van der Waals surface area contributed by atoms with Crippen molar-refractivity contribution in [2.45, 2.75) is 57.9 Å². The van der Waals surface area contributed by atoms with Crippen LogP contribution in [0.25, 0.3) is 0 Å². The van der Waals surface area contributed by atoms with Gasteiger partial charge in [-0.25, -0.2) is 0 Å². The Hall–Kier alpha value is -0.610. The number of ether oxygens (including phenoxy) is 1. The first-order chi connectivity index (χ1) is 9.19. The maximum atomic E-state index is 11.8. The second kappa shape index (κ2) is 6.71. The number of nitrogens with one attached hydrogen (secondary N) is 1. The van der Waals surface area contributed by atoms with Crippen LogP contribution in [-0.4, -0.2) is 36.9 Å². The van der Waals surface area contributed by atoms with E-state index in [0.29, 0.717) is 18.1 Å². The van der Waals surface area contributed by atoms with Gasteiger partial charge >= 0.3 is 5.97 Å². The Balaban J connectivity index is 1.73. The number of hydrogen-bond donors (Lipinski definition) is 2. The van der Waals surface area contributed by atoms with E-state index in [0.717, 1.165) is 38.6 Å². The van der Waals surface area contributed by atoms with E-state index in [9.17, 15) is 4.79 Å². The first-order valence-corrected chi connectivity index (χ1v) is 7.70. The van der Waals surface area contributed by atoms with E-state index in [1.54, 1.807) is 0 Å². The molecule has 0 bridgehead atoms. The van der Waals surface area contributed by atoms with Crippen molar-refractivity contribution in [2.75, 3.05) is 19.8 Å². The van der Waals surface area contributed by atoms with Gasteiger partial charge in [-0.3, -0.25) is 4.79 Å². The molecule has 0 amide bonds. The number of hydrogen-bond acceptors (Lipinski definition) is 4. The zero-order valence-electron chi connectivity index (χ0n) is 12.0. The molecule has 0 saturated heterocycles. The summed E-state index contributed by atoms with van der Waals surface area (Å²) in [5, 5.41) is 12.7. The topological polar surface area (TPSA) is 58.6 Å². The minimum Gasteiger partial charge on any atom is -0.466 e. The number of carbonyl (C=O) groups is 1. The third-order valence-electron chi connectivity index (χ3n) is 4.66. The normalized spacial score (nSPS) is 28.9. The Morgan fingerprint density at radius 3 is 2.84 bits per heavy atom. The van der Waals surface area contributed by atoms with Crippen molar-refractivity contribution < 1.29 is 14.6 Å². The predicted molar refractivity (Wildman–Crippen MR) is 73.8 cm³/mol. The molecule has 0 aliphatic heterocycles. The predicted octanol–water partition coefficient (Wildman–Crippen LogP) is 1.86. The molecule has 2 aliphatic rings. The number of aliphatic hydroxyl groups excluding tert-OH is 1. The van der Waals surface area contributed by atoms with Crippen LogP contribution in [0.4, 0.5) is 0 Å². The summed E-state index contributed by atoms with van der Waals surface area (Å²) >= 11 is 0. The first kappa shape index (κ1) is 14.8. The van der Waals surface area contributed by atoms with Crippen LogP contribution in [0.3, 0.4) is 0 Å². The molecular formula is C15H27NO3. The highest BCUT2D eigenvalue weighted by Gasteiger charge is 2.42. The summed E-state index contributed by atoms with van der Waals surface area (Å²) in [6.45, 7) is 3.63. The molecule has 0 aromatic rings. The fourth-order valence-corrected chi connectivity index (χ4v) is 3.14. The van der Waals surface area contributed by atoms with Crippen molar-refractivity contribution in [3.05, 3.63) is 0 Å². The summed E-state index contributed by atoms with van der Waals surface area (Å²) in [6.07, 6.45) is 7.52. The molecule has 2 unspecified atom stereocenters. The second-order valence-electron chi connectivity index (χ2n) is 6.17. The standard InChI is InChI=1S/C15H27NO3/c1-2-19-14(18)12-4-3-5-13(10-12)16-11-15(6-7-15)8-9-17/h12-13,16-17H,2-11H2,1H3. The fraction of sp³-hybridized carbons (Fsp3) is 0.933. The van der Waals surface area contributed by atoms with Gasteiger partial charge < -0.3 is 15.2 Å². The molecule has 4 heteroatoms. The number of aliphatic hydroxyl groups is 1. The lowest BCUT2D eigenvalue weighted by Crippen LogP contribution is -2.39. The van der Waals surface area contributed by atoms with Crippen LogP contribution in [0.1, 0.15) is 51.9 Å². The second-order valence-corrected chi connectivity index (χ2v) is 6.17. The molecule has 2 fully saturated rings. The van der Waals surface area contributed by atoms with Crippen molar-refractivity contribution in [3.8, 4) is 0 Å². The smallest absolute Gasteiger partial charge is 0.308 e. The number of esters is 1. The van der Waals surface area contributed by atoms with Gasteiger partial charge in [0.2, 0.25) is 0 Å². The van der Waals surface area contributed by atoms with E-state index < -0.39 is 0 Å². The minimum atomic E-state index is -0.0227. The van der Waals surface area contributed by atoms with Gasteiger partial charge in [0, 0.05) is 19.2 Å². The summed E-state index contributed by atoms with van der Waals surface area (Å²) in [6, 6.07) is 0.444. The summed E-state index contributed by atoms with van der Waals surface area (Å²) in [5.74, 6) is 0.0599. The third kappa shape index (κ3) is 4.18. The summed E-state index contributed by atoms with van der Waals surface area (Å²) in [4.78, 5) is 11.8. The van der Waals surface area contributed by atoms with Gasteiger partial charge in [0.05, 0.1) is 12.5 Å². The lowest BCUT2D eigenvalue weighted by molar-refractivity contribution is -0.149. The van der Waals surface area contributed by atoms with E-state index in [1.807, 2.05) is 6.92 Å². The molecule has 19 heavy (non-hydrogen) atoms. The third-order valence-corrected chi connectivity index (χ3v) is 4.66. The van der Waals surface area contributed by atoms with E-state index in [4.69, 9.17) is 9.84 Å². The SMILES string of the molecule is CCOC(=O)C1CCCC(NCC2(CCO)CC2)C1.